The number of urea groups is 1. The van der Waals surface area contributed by atoms with Crippen LogP contribution in [0, 0.1) is 0 Å². The van der Waals surface area contributed by atoms with Crippen molar-refractivity contribution in [1.82, 2.24) is 25.2 Å². The Kier molecular flexibility index (Phi) is 7.39. The molecule has 1 saturated heterocycles. The highest BCUT2D eigenvalue weighted by molar-refractivity contribution is 5.98. The zero-order chi connectivity index (χ0) is 24.7. The highest BCUT2D eigenvalue weighted by Crippen LogP contribution is 2.34. The fraction of sp³-hybridized carbons (Fsp3) is 0.296. The Balaban J connectivity index is 1.38. The maximum absolute atomic E-state index is 12.0. The van der Waals surface area contributed by atoms with E-state index in [9.17, 15) is 4.79 Å². The number of H-pyrrole nitrogens is 1. The first kappa shape index (κ1) is 23.8. The Hall–Kier alpha value is -3.95. The van der Waals surface area contributed by atoms with Crippen LogP contribution >= 0.6 is 0 Å². The number of ether oxygens (including phenoxy) is 2. The van der Waals surface area contributed by atoms with Crippen molar-refractivity contribution in [3.63, 3.8) is 0 Å². The van der Waals surface area contributed by atoms with Crippen molar-refractivity contribution >= 4 is 23.0 Å². The van der Waals surface area contributed by atoms with Crippen LogP contribution in [0.5, 0.6) is 5.88 Å². The number of morpholine rings is 1. The lowest BCUT2D eigenvalue weighted by molar-refractivity contribution is 0.0320. The third-order valence-corrected chi connectivity index (χ3v) is 6.07. The van der Waals surface area contributed by atoms with E-state index in [-0.39, 0.29) is 6.03 Å². The van der Waals surface area contributed by atoms with Crippen molar-refractivity contribution in [2.75, 3.05) is 51.3 Å². The molecule has 5 rings (SSSR count). The van der Waals surface area contributed by atoms with Crippen LogP contribution in [0.1, 0.15) is 6.92 Å². The van der Waals surface area contributed by atoms with E-state index in [0.29, 0.717) is 25.0 Å². The van der Waals surface area contributed by atoms with E-state index in [4.69, 9.17) is 9.47 Å². The molecule has 3 heterocycles. The number of benzene rings is 2. The number of pyridine rings is 1. The highest BCUT2D eigenvalue weighted by atomic mass is 16.5. The van der Waals surface area contributed by atoms with Gasteiger partial charge in [-0.05, 0) is 36.2 Å². The monoisotopic (exact) mass is 486 g/mol. The molecule has 2 aromatic carbocycles. The number of amides is 2. The quantitative estimate of drug-likeness (QED) is 0.346. The molecule has 0 aliphatic carbocycles. The molecule has 2 amide bonds. The van der Waals surface area contributed by atoms with Gasteiger partial charge in [0.15, 0.2) is 0 Å². The molecule has 0 atom stereocenters. The summed E-state index contributed by atoms with van der Waals surface area (Å²) in [6.07, 6.45) is 1.82. The summed E-state index contributed by atoms with van der Waals surface area (Å²) in [5, 5.41) is 5.49. The molecule has 9 heteroatoms. The molecule has 0 bridgehead atoms. The van der Waals surface area contributed by atoms with Crippen molar-refractivity contribution in [3.05, 3.63) is 60.8 Å². The Bertz CT molecular complexity index is 1300. The summed E-state index contributed by atoms with van der Waals surface area (Å²) >= 11 is 0. The summed E-state index contributed by atoms with van der Waals surface area (Å²) in [6, 6.07) is 17.8. The van der Waals surface area contributed by atoms with Crippen molar-refractivity contribution in [2.24, 2.45) is 0 Å². The van der Waals surface area contributed by atoms with E-state index < -0.39 is 0 Å². The first-order valence-electron chi connectivity index (χ1n) is 12.2. The predicted octanol–water partition coefficient (Wildman–Crippen LogP) is 4.14. The van der Waals surface area contributed by atoms with E-state index in [1.165, 1.54) is 0 Å². The van der Waals surface area contributed by atoms with Crippen molar-refractivity contribution < 1.29 is 14.3 Å². The van der Waals surface area contributed by atoms with Gasteiger partial charge in [0, 0.05) is 49.6 Å². The minimum Gasteiger partial charge on any atom is -0.476 e. The molecule has 0 saturated carbocycles. The van der Waals surface area contributed by atoms with Gasteiger partial charge in [0.2, 0.25) is 11.8 Å². The Morgan fingerprint density at radius 2 is 1.92 bits per heavy atom. The van der Waals surface area contributed by atoms with Crippen LogP contribution in [0.25, 0.3) is 33.3 Å². The maximum Gasteiger partial charge on any atom is 0.321 e. The summed E-state index contributed by atoms with van der Waals surface area (Å²) < 4.78 is 11.3. The van der Waals surface area contributed by atoms with E-state index in [1.807, 2.05) is 61.7 Å². The average molecular weight is 487 g/mol. The second-order valence-corrected chi connectivity index (χ2v) is 8.54. The van der Waals surface area contributed by atoms with E-state index >= 15 is 0 Å². The van der Waals surface area contributed by atoms with E-state index in [0.717, 1.165) is 66.1 Å². The molecule has 0 radical (unpaired) electrons. The van der Waals surface area contributed by atoms with Crippen LogP contribution in [0.3, 0.4) is 0 Å². The van der Waals surface area contributed by atoms with E-state index in [1.54, 1.807) is 0 Å². The standard InChI is InChI=1S/C27H30N6O3/c1-2-28-27(34)32-26-30-23-17-21(16-22(25(23)31-26)19-6-4-3-5-7-19)20-8-9-24(29-18-20)36-15-12-33-10-13-35-14-11-33/h3-9,16-18H,2,10-15H2,1H3,(H3,28,30,31,32,34). The van der Waals surface area contributed by atoms with E-state index in [2.05, 4.69) is 36.6 Å². The van der Waals surface area contributed by atoms with Gasteiger partial charge >= 0.3 is 6.03 Å². The summed E-state index contributed by atoms with van der Waals surface area (Å²) in [5.41, 5.74) is 5.56. The average Bonchev–Trinajstić information content (AvgIpc) is 3.32. The number of carbonyl (C=O) groups is 1. The van der Waals surface area contributed by atoms with Crippen molar-refractivity contribution in [3.8, 4) is 28.1 Å². The molecular formula is C27H30N6O3. The topological polar surface area (TPSA) is 104 Å². The molecule has 1 aliphatic rings. The Morgan fingerprint density at radius 1 is 1.08 bits per heavy atom. The fourth-order valence-electron chi connectivity index (χ4n) is 4.23. The number of aromatic nitrogens is 3. The molecule has 9 nitrogen and oxygen atoms in total. The zero-order valence-corrected chi connectivity index (χ0v) is 20.3. The molecule has 36 heavy (non-hydrogen) atoms. The summed E-state index contributed by atoms with van der Waals surface area (Å²) in [4.78, 5) is 26.8. The third-order valence-electron chi connectivity index (χ3n) is 6.07. The number of imidazole rings is 1. The largest absolute Gasteiger partial charge is 0.476 e. The number of anilines is 1. The molecule has 1 fully saturated rings. The minimum absolute atomic E-state index is 0.300. The molecule has 186 valence electrons. The van der Waals surface area contributed by atoms with Gasteiger partial charge in [-0.2, -0.15) is 0 Å². The number of nitrogens with one attached hydrogen (secondary N) is 3. The lowest BCUT2D eigenvalue weighted by Crippen LogP contribution is -2.38. The highest BCUT2D eigenvalue weighted by Gasteiger charge is 2.14. The van der Waals surface area contributed by atoms with Crippen LogP contribution in [-0.4, -0.2) is 71.9 Å². The number of hydrogen-bond donors (Lipinski definition) is 3. The molecule has 4 aromatic rings. The number of hydrogen-bond acceptors (Lipinski definition) is 6. The lowest BCUT2D eigenvalue weighted by Gasteiger charge is -2.26. The molecule has 3 N–H and O–H groups in total. The number of fused-ring (bicyclic) bond motifs is 1. The minimum atomic E-state index is -0.300. The normalized spacial score (nSPS) is 14.0. The molecular weight excluding hydrogens is 456 g/mol. The van der Waals surface area contributed by atoms with Gasteiger partial charge < -0.3 is 19.8 Å². The summed E-state index contributed by atoms with van der Waals surface area (Å²) in [7, 11) is 0. The smallest absolute Gasteiger partial charge is 0.321 e. The SMILES string of the molecule is CCNC(=O)Nc1nc2c(-c3ccccc3)cc(-c3ccc(OCCN4CCOCC4)nc3)cc2[nH]1. The van der Waals surface area contributed by atoms with Gasteiger partial charge in [0.05, 0.1) is 24.2 Å². The zero-order valence-electron chi connectivity index (χ0n) is 20.3. The Labute approximate surface area is 209 Å². The van der Waals surface area contributed by atoms with Gasteiger partial charge in [-0.25, -0.2) is 14.8 Å². The molecule has 0 spiro atoms. The first-order valence-corrected chi connectivity index (χ1v) is 12.2. The van der Waals surface area contributed by atoms with Crippen LogP contribution in [0.2, 0.25) is 0 Å². The van der Waals surface area contributed by atoms with Crippen LogP contribution in [-0.2, 0) is 4.74 Å². The maximum atomic E-state index is 12.0. The third kappa shape index (κ3) is 5.64. The predicted molar refractivity (Wildman–Crippen MR) is 140 cm³/mol. The summed E-state index contributed by atoms with van der Waals surface area (Å²) in [5.74, 6) is 0.999. The number of rotatable bonds is 8. The Morgan fingerprint density at radius 3 is 2.67 bits per heavy atom. The number of nitrogens with zero attached hydrogens (tertiary/aromatic N) is 3. The molecule has 0 unspecified atom stereocenters. The second kappa shape index (κ2) is 11.2. The number of aromatic amines is 1. The molecule has 1 aliphatic heterocycles. The fourth-order valence-corrected chi connectivity index (χ4v) is 4.23. The van der Waals surface area contributed by atoms with Crippen LogP contribution in [0.15, 0.2) is 60.8 Å². The van der Waals surface area contributed by atoms with Gasteiger partial charge in [-0.1, -0.05) is 30.3 Å². The summed E-state index contributed by atoms with van der Waals surface area (Å²) in [6.45, 7) is 7.29. The first-order chi connectivity index (χ1) is 17.7. The van der Waals surface area contributed by atoms with Gasteiger partial charge in [0.1, 0.15) is 6.61 Å². The molecule has 2 aromatic heterocycles. The lowest BCUT2D eigenvalue weighted by atomic mass is 9.98. The van der Waals surface area contributed by atoms with Gasteiger partial charge in [-0.3, -0.25) is 10.2 Å². The van der Waals surface area contributed by atoms with Gasteiger partial charge in [0.25, 0.3) is 0 Å². The van der Waals surface area contributed by atoms with Crippen LogP contribution in [0.4, 0.5) is 10.7 Å². The van der Waals surface area contributed by atoms with Crippen LogP contribution < -0.4 is 15.4 Å². The van der Waals surface area contributed by atoms with Crippen molar-refractivity contribution in [2.45, 2.75) is 6.92 Å². The number of carbonyl (C=O) groups excluding carboxylic acids is 1. The van der Waals surface area contributed by atoms with Gasteiger partial charge in [-0.15, -0.1) is 0 Å². The van der Waals surface area contributed by atoms with Crippen molar-refractivity contribution in [1.29, 1.82) is 0 Å². The second-order valence-electron chi connectivity index (χ2n) is 8.54.